The Morgan fingerprint density at radius 3 is 2.66 bits per heavy atom. The lowest BCUT2D eigenvalue weighted by atomic mass is 9.85. The number of carbonyl (C=O) groups is 1. The van der Waals surface area contributed by atoms with E-state index in [9.17, 15) is 18.0 Å². The molecule has 3 fully saturated rings. The fourth-order valence-corrected chi connectivity index (χ4v) is 5.50. The van der Waals surface area contributed by atoms with Gasteiger partial charge in [-0.15, -0.1) is 0 Å². The number of fused-ring (bicyclic) bond motifs is 1. The van der Waals surface area contributed by atoms with Crippen LogP contribution in [-0.4, -0.2) is 41.6 Å². The van der Waals surface area contributed by atoms with Gasteiger partial charge in [0, 0.05) is 37.8 Å². The zero-order valence-corrected chi connectivity index (χ0v) is 16.8. The Morgan fingerprint density at radius 2 is 1.93 bits per heavy atom. The minimum Gasteiger partial charge on any atom is -0.381 e. The number of likely N-dealkylation sites (tertiary alicyclic amines) is 1. The second-order valence-electron chi connectivity index (χ2n) is 8.86. The molecule has 0 saturated carbocycles. The lowest BCUT2D eigenvalue weighted by Crippen LogP contribution is -2.57. The molecular weight excluding hydrogens is 381 g/mol. The fourth-order valence-electron chi connectivity index (χ4n) is 5.50. The highest BCUT2D eigenvalue weighted by Crippen LogP contribution is 2.48. The summed E-state index contributed by atoms with van der Waals surface area (Å²) < 4.78 is 45.6. The maximum Gasteiger partial charge on any atom is 0.416 e. The molecule has 0 aliphatic carbocycles. The van der Waals surface area contributed by atoms with Crippen LogP contribution in [0.15, 0.2) is 24.3 Å². The number of hydrogen-bond acceptors (Lipinski definition) is 3. The van der Waals surface area contributed by atoms with Gasteiger partial charge in [0.25, 0.3) is 0 Å². The van der Waals surface area contributed by atoms with Crippen LogP contribution in [0.1, 0.15) is 69.0 Å². The summed E-state index contributed by atoms with van der Waals surface area (Å²) in [6.07, 6.45) is 1.29. The van der Waals surface area contributed by atoms with E-state index in [0.717, 1.165) is 38.2 Å². The van der Waals surface area contributed by atoms with E-state index in [1.54, 1.807) is 6.07 Å². The van der Waals surface area contributed by atoms with Crippen LogP contribution in [0.3, 0.4) is 0 Å². The number of rotatable bonds is 2. The predicted molar refractivity (Wildman–Crippen MR) is 103 cm³/mol. The van der Waals surface area contributed by atoms with Gasteiger partial charge in [0.2, 0.25) is 5.91 Å². The topological polar surface area (TPSA) is 41.6 Å². The molecule has 3 aliphatic heterocycles. The van der Waals surface area contributed by atoms with Crippen molar-refractivity contribution in [1.29, 1.82) is 0 Å². The van der Waals surface area contributed by atoms with E-state index in [2.05, 4.69) is 17.1 Å². The first-order valence-electron chi connectivity index (χ1n) is 10.6. The average Bonchev–Trinajstić information content (AvgIpc) is 2.95. The highest BCUT2D eigenvalue weighted by Gasteiger charge is 2.52. The fraction of sp³-hybridized carbons (Fsp3) is 0.682. The average molecular weight is 410 g/mol. The molecule has 0 radical (unpaired) electrons. The second-order valence-corrected chi connectivity index (χ2v) is 8.86. The van der Waals surface area contributed by atoms with Crippen molar-refractivity contribution in [2.45, 2.75) is 81.7 Å². The molecule has 4 rings (SSSR count). The Morgan fingerprint density at radius 1 is 1.17 bits per heavy atom. The van der Waals surface area contributed by atoms with Crippen molar-refractivity contribution in [3.8, 4) is 0 Å². The number of amides is 1. The molecule has 1 amide bonds. The molecule has 0 bridgehead atoms. The monoisotopic (exact) mass is 410 g/mol. The lowest BCUT2D eigenvalue weighted by molar-refractivity contribution is -0.137. The van der Waals surface area contributed by atoms with Crippen molar-refractivity contribution in [1.82, 2.24) is 10.2 Å². The van der Waals surface area contributed by atoms with Gasteiger partial charge in [-0.3, -0.25) is 9.69 Å². The molecule has 7 heteroatoms. The Bertz CT molecular complexity index is 748. The Labute approximate surface area is 169 Å². The summed E-state index contributed by atoms with van der Waals surface area (Å²) >= 11 is 0. The molecule has 1 N–H and O–H groups in total. The van der Waals surface area contributed by atoms with E-state index in [4.69, 9.17) is 4.74 Å². The molecule has 1 aromatic rings. The van der Waals surface area contributed by atoms with Crippen LogP contribution in [0.2, 0.25) is 0 Å². The van der Waals surface area contributed by atoms with Crippen LogP contribution in [0.4, 0.5) is 13.2 Å². The maximum atomic E-state index is 13.3. The first-order valence-corrected chi connectivity index (χ1v) is 10.6. The summed E-state index contributed by atoms with van der Waals surface area (Å²) in [5, 5.41) is 3.24. The lowest BCUT2D eigenvalue weighted by Gasteiger charge is -2.43. The van der Waals surface area contributed by atoms with Gasteiger partial charge in [0.15, 0.2) is 0 Å². The minimum atomic E-state index is -4.36. The van der Waals surface area contributed by atoms with Gasteiger partial charge in [0.1, 0.15) is 0 Å². The molecule has 0 spiro atoms. The molecule has 29 heavy (non-hydrogen) atoms. The summed E-state index contributed by atoms with van der Waals surface area (Å²) in [5.74, 6) is 0.0498. The zero-order valence-electron chi connectivity index (χ0n) is 16.8. The summed E-state index contributed by atoms with van der Waals surface area (Å²) in [7, 11) is 0. The van der Waals surface area contributed by atoms with E-state index >= 15 is 0 Å². The van der Waals surface area contributed by atoms with Gasteiger partial charge in [-0.1, -0.05) is 18.6 Å². The predicted octanol–water partition coefficient (Wildman–Crippen LogP) is 4.45. The van der Waals surface area contributed by atoms with Gasteiger partial charge in [-0.05, 0) is 56.7 Å². The van der Waals surface area contributed by atoms with Crippen molar-refractivity contribution in [3.63, 3.8) is 0 Å². The smallest absolute Gasteiger partial charge is 0.381 e. The summed E-state index contributed by atoms with van der Waals surface area (Å²) in [6, 6.07) is 5.96. The second kappa shape index (κ2) is 7.91. The van der Waals surface area contributed by atoms with Gasteiger partial charge in [-0.2, -0.15) is 13.2 Å². The Kier molecular flexibility index (Phi) is 5.64. The zero-order chi connectivity index (χ0) is 20.6. The van der Waals surface area contributed by atoms with Crippen LogP contribution in [-0.2, 0) is 15.7 Å². The normalized spacial score (nSPS) is 32.3. The number of ether oxygens (including phenoxy) is 1. The third kappa shape index (κ3) is 4.17. The first-order chi connectivity index (χ1) is 13.8. The van der Waals surface area contributed by atoms with Crippen LogP contribution >= 0.6 is 0 Å². The largest absolute Gasteiger partial charge is 0.416 e. The van der Waals surface area contributed by atoms with Crippen molar-refractivity contribution >= 4 is 5.91 Å². The Balaban J connectivity index is 1.73. The van der Waals surface area contributed by atoms with E-state index in [1.165, 1.54) is 12.1 Å². The number of carbonyl (C=O) groups excluding carboxylic acids is 1. The Hall–Kier alpha value is -1.60. The summed E-state index contributed by atoms with van der Waals surface area (Å²) in [6.45, 7) is 3.42. The SMILES string of the molecule is C[C@]12C[C@@H](c3cccc(C(F)(F)F)c3)N(C3CCOCC3)[C@H]1CCCCC(=O)N2. The van der Waals surface area contributed by atoms with Crippen molar-refractivity contribution in [3.05, 3.63) is 35.4 Å². The highest BCUT2D eigenvalue weighted by molar-refractivity contribution is 5.77. The molecule has 3 atom stereocenters. The van der Waals surface area contributed by atoms with Gasteiger partial charge in [-0.25, -0.2) is 0 Å². The number of alkyl halides is 3. The molecule has 3 aliphatic rings. The number of nitrogens with zero attached hydrogens (tertiary/aromatic N) is 1. The number of hydrogen-bond donors (Lipinski definition) is 1. The third-order valence-corrected chi connectivity index (χ3v) is 6.84. The van der Waals surface area contributed by atoms with Crippen LogP contribution in [0.25, 0.3) is 0 Å². The molecule has 3 saturated heterocycles. The van der Waals surface area contributed by atoms with Crippen molar-refractivity contribution in [2.75, 3.05) is 13.2 Å². The van der Waals surface area contributed by atoms with Crippen LogP contribution in [0, 0.1) is 0 Å². The van der Waals surface area contributed by atoms with Gasteiger partial charge >= 0.3 is 6.18 Å². The maximum absolute atomic E-state index is 13.3. The third-order valence-electron chi connectivity index (χ3n) is 6.84. The minimum absolute atomic E-state index is 0.0498. The standard InChI is InChI=1S/C22H29F3N2O2/c1-21-14-18(15-5-4-6-16(13-15)22(23,24)25)27(17-9-11-29-12-10-17)19(21)7-2-3-8-20(28)26-21/h4-6,13,17-19H,2-3,7-12,14H2,1H3,(H,26,28)/t18-,19-,21-/m0/s1. The molecular formula is C22H29F3N2O2. The van der Waals surface area contributed by atoms with E-state index in [1.807, 2.05) is 0 Å². The number of halogens is 3. The number of benzene rings is 1. The van der Waals surface area contributed by atoms with E-state index in [-0.39, 0.29) is 24.0 Å². The number of nitrogens with one attached hydrogen (secondary N) is 1. The first kappa shape index (κ1) is 20.7. The molecule has 160 valence electrons. The molecule has 3 heterocycles. The molecule has 0 aromatic heterocycles. The highest BCUT2D eigenvalue weighted by atomic mass is 19.4. The van der Waals surface area contributed by atoms with Crippen molar-refractivity contribution < 1.29 is 22.7 Å². The van der Waals surface area contributed by atoms with Crippen LogP contribution < -0.4 is 5.32 Å². The van der Waals surface area contributed by atoms with Crippen molar-refractivity contribution in [2.24, 2.45) is 0 Å². The van der Waals surface area contributed by atoms with E-state index < -0.39 is 17.3 Å². The van der Waals surface area contributed by atoms with Crippen LogP contribution in [0.5, 0.6) is 0 Å². The van der Waals surface area contributed by atoms with E-state index in [0.29, 0.717) is 31.6 Å². The molecule has 1 aromatic carbocycles. The molecule has 0 unspecified atom stereocenters. The quantitative estimate of drug-likeness (QED) is 0.783. The summed E-state index contributed by atoms with van der Waals surface area (Å²) in [4.78, 5) is 14.8. The summed E-state index contributed by atoms with van der Waals surface area (Å²) in [5.41, 5.74) is -0.358. The van der Waals surface area contributed by atoms with Gasteiger partial charge in [0.05, 0.1) is 11.1 Å². The molecule has 4 nitrogen and oxygen atoms in total. The van der Waals surface area contributed by atoms with Gasteiger partial charge < -0.3 is 10.1 Å².